The van der Waals surface area contributed by atoms with E-state index in [-0.39, 0.29) is 11.6 Å². The number of carbonyl (C=O) groups is 1. The summed E-state index contributed by atoms with van der Waals surface area (Å²) in [6.07, 6.45) is 1.75. The third-order valence-electron chi connectivity index (χ3n) is 5.14. The summed E-state index contributed by atoms with van der Waals surface area (Å²) in [4.78, 5) is 22.4. The standard InChI is InChI=1S/C23H24N4O2/c1-3-4-14-29-23(28)19-20-22(26-18-13-9-8-12-17(18)25-20)27(21(19)24)15(2)16-10-6-5-7-11-16/h5-13,15H,3-4,14,24H2,1-2H3. The number of hydrogen-bond acceptors (Lipinski definition) is 5. The highest BCUT2D eigenvalue weighted by Gasteiger charge is 2.27. The molecule has 2 N–H and O–H groups in total. The Kier molecular flexibility index (Phi) is 5.16. The van der Waals surface area contributed by atoms with E-state index < -0.39 is 5.97 Å². The Balaban J connectivity index is 1.93. The molecule has 4 rings (SSSR count). The van der Waals surface area contributed by atoms with Gasteiger partial charge < -0.3 is 15.0 Å². The van der Waals surface area contributed by atoms with E-state index in [2.05, 4.69) is 0 Å². The first-order valence-corrected chi connectivity index (χ1v) is 9.90. The van der Waals surface area contributed by atoms with E-state index in [0.717, 1.165) is 23.9 Å². The molecule has 2 aromatic heterocycles. The predicted octanol–water partition coefficient (Wildman–Crippen LogP) is 4.73. The van der Waals surface area contributed by atoms with Crippen LogP contribution in [0.15, 0.2) is 54.6 Å². The van der Waals surface area contributed by atoms with Crippen LogP contribution >= 0.6 is 0 Å². The molecule has 1 unspecified atom stereocenters. The Bertz CT molecular complexity index is 1170. The van der Waals surface area contributed by atoms with E-state index in [4.69, 9.17) is 20.4 Å². The predicted molar refractivity (Wildman–Crippen MR) is 115 cm³/mol. The van der Waals surface area contributed by atoms with Gasteiger partial charge in [-0.2, -0.15) is 0 Å². The molecular weight excluding hydrogens is 364 g/mol. The second kappa shape index (κ2) is 7.91. The van der Waals surface area contributed by atoms with Crippen molar-refractivity contribution in [1.82, 2.24) is 14.5 Å². The van der Waals surface area contributed by atoms with Gasteiger partial charge in [0.25, 0.3) is 0 Å². The van der Waals surface area contributed by atoms with Crippen LogP contribution in [0.3, 0.4) is 0 Å². The number of unbranched alkanes of at least 4 members (excludes halogenated alkanes) is 1. The zero-order chi connectivity index (χ0) is 20.4. The van der Waals surface area contributed by atoms with Crippen LogP contribution < -0.4 is 5.73 Å². The van der Waals surface area contributed by atoms with Gasteiger partial charge in [-0.3, -0.25) is 0 Å². The summed E-state index contributed by atoms with van der Waals surface area (Å²) in [6, 6.07) is 17.5. The molecule has 6 heteroatoms. The molecule has 6 nitrogen and oxygen atoms in total. The Morgan fingerprint density at radius 2 is 1.72 bits per heavy atom. The zero-order valence-electron chi connectivity index (χ0n) is 16.6. The zero-order valence-corrected chi connectivity index (χ0v) is 16.6. The van der Waals surface area contributed by atoms with Gasteiger partial charge in [-0.05, 0) is 31.0 Å². The average Bonchev–Trinajstić information content (AvgIpc) is 3.03. The van der Waals surface area contributed by atoms with Crippen molar-refractivity contribution >= 4 is 34.0 Å². The molecule has 0 saturated carbocycles. The van der Waals surface area contributed by atoms with Crippen LogP contribution in [0.5, 0.6) is 0 Å². The number of esters is 1. The van der Waals surface area contributed by atoms with Crippen molar-refractivity contribution < 1.29 is 9.53 Å². The fourth-order valence-electron chi connectivity index (χ4n) is 3.54. The lowest BCUT2D eigenvalue weighted by molar-refractivity contribution is 0.0503. The first-order valence-electron chi connectivity index (χ1n) is 9.90. The number of aromatic nitrogens is 3. The number of hydrogen-bond donors (Lipinski definition) is 1. The molecule has 1 atom stereocenters. The monoisotopic (exact) mass is 388 g/mol. The number of nitrogens with two attached hydrogens (primary N) is 1. The maximum absolute atomic E-state index is 12.9. The SMILES string of the molecule is CCCCOC(=O)c1c(N)n(C(C)c2ccccc2)c2nc3ccccc3nc12. The molecule has 0 bridgehead atoms. The normalized spacial score (nSPS) is 12.3. The van der Waals surface area contributed by atoms with Crippen molar-refractivity contribution in [3.8, 4) is 0 Å². The fraction of sp³-hybridized carbons (Fsp3) is 0.261. The van der Waals surface area contributed by atoms with E-state index in [1.807, 2.05) is 73.0 Å². The third kappa shape index (κ3) is 3.42. The summed E-state index contributed by atoms with van der Waals surface area (Å²) in [7, 11) is 0. The largest absolute Gasteiger partial charge is 0.462 e. The summed E-state index contributed by atoms with van der Waals surface area (Å²) in [5.41, 5.74) is 10.4. The number of para-hydroxylation sites is 2. The highest BCUT2D eigenvalue weighted by molar-refractivity contribution is 6.08. The Labute approximate surface area is 169 Å². The summed E-state index contributed by atoms with van der Waals surface area (Å²) in [5, 5.41) is 0. The summed E-state index contributed by atoms with van der Waals surface area (Å²) >= 11 is 0. The minimum absolute atomic E-state index is 0.119. The highest BCUT2D eigenvalue weighted by atomic mass is 16.5. The number of nitrogen functional groups attached to an aromatic ring is 1. The van der Waals surface area contributed by atoms with Crippen LogP contribution in [0.4, 0.5) is 5.82 Å². The summed E-state index contributed by atoms with van der Waals surface area (Å²) < 4.78 is 7.34. The second-order valence-electron chi connectivity index (χ2n) is 7.09. The fourth-order valence-corrected chi connectivity index (χ4v) is 3.54. The molecule has 2 heterocycles. The van der Waals surface area contributed by atoms with E-state index >= 15 is 0 Å². The number of benzene rings is 2. The Morgan fingerprint density at radius 3 is 2.41 bits per heavy atom. The molecule has 29 heavy (non-hydrogen) atoms. The first-order chi connectivity index (χ1) is 14.1. The van der Waals surface area contributed by atoms with Gasteiger partial charge in [0.05, 0.1) is 23.7 Å². The quantitative estimate of drug-likeness (QED) is 0.381. The molecule has 0 spiro atoms. The van der Waals surface area contributed by atoms with Gasteiger partial charge in [0.15, 0.2) is 5.65 Å². The van der Waals surface area contributed by atoms with Gasteiger partial charge >= 0.3 is 5.97 Å². The maximum Gasteiger partial charge on any atom is 0.344 e. The smallest absolute Gasteiger partial charge is 0.344 e. The van der Waals surface area contributed by atoms with Crippen LogP contribution in [-0.2, 0) is 4.74 Å². The average molecular weight is 388 g/mol. The number of ether oxygens (including phenoxy) is 1. The van der Waals surface area contributed by atoms with Crippen molar-refractivity contribution in [3.63, 3.8) is 0 Å². The van der Waals surface area contributed by atoms with Crippen LogP contribution in [0, 0.1) is 0 Å². The number of rotatable bonds is 6. The second-order valence-corrected chi connectivity index (χ2v) is 7.09. The van der Waals surface area contributed by atoms with Crippen LogP contribution in [0.25, 0.3) is 22.2 Å². The minimum Gasteiger partial charge on any atom is -0.462 e. The van der Waals surface area contributed by atoms with E-state index in [9.17, 15) is 4.79 Å². The van der Waals surface area contributed by atoms with Crippen molar-refractivity contribution in [2.75, 3.05) is 12.3 Å². The highest BCUT2D eigenvalue weighted by Crippen LogP contribution is 2.33. The van der Waals surface area contributed by atoms with Crippen molar-refractivity contribution in [3.05, 3.63) is 65.7 Å². The van der Waals surface area contributed by atoms with Crippen molar-refractivity contribution in [2.24, 2.45) is 0 Å². The molecule has 0 amide bonds. The van der Waals surface area contributed by atoms with Crippen LogP contribution in [0.2, 0.25) is 0 Å². The van der Waals surface area contributed by atoms with Gasteiger partial charge in [-0.15, -0.1) is 0 Å². The summed E-state index contributed by atoms with van der Waals surface area (Å²) in [6.45, 7) is 4.44. The molecule has 0 aliphatic rings. The number of anilines is 1. The van der Waals surface area contributed by atoms with Gasteiger partial charge in [0.1, 0.15) is 16.9 Å². The molecule has 0 aliphatic carbocycles. The van der Waals surface area contributed by atoms with Gasteiger partial charge in [0, 0.05) is 0 Å². The Morgan fingerprint density at radius 1 is 1.07 bits per heavy atom. The van der Waals surface area contributed by atoms with Crippen LogP contribution in [-0.4, -0.2) is 27.1 Å². The lowest BCUT2D eigenvalue weighted by atomic mass is 10.1. The van der Waals surface area contributed by atoms with Crippen LogP contribution in [0.1, 0.15) is 48.7 Å². The first kappa shape index (κ1) is 18.9. The molecule has 148 valence electrons. The van der Waals surface area contributed by atoms with E-state index in [0.29, 0.717) is 29.1 Å². The van der Waals surface area contributed by atoms with E-state index in [1.54, 1.807) is 0 Å². The summed E-state index contributed by atoms with van der Waals surface area (Å²) in [5.74, 6) is -0.127. The topological polar surface area (TPSA) is 83.0 Å². The minimum atomic E-state index is -0.454. The molecular formula is C23H24N4O2. The third-order valence-corrected chi connectivity index (χ3v) is 5.14. The van der Waals surface area contributed by atoms with Crippen molar-refractivity contribution in [1.29, 1.82) is 0 Å². The lowest BCUT2D eigenvalue weighted by Crippen LogP contribution is -2.13. The number of fused-ring (bicyclic) bond motifs is 2. The van der Waals surface area contributed by atoms with Gasteiger partial charge in [0.2, 0.25) is 0 Å². The lowest BCUT2D eigenvalue weighted by Gasteiger charge is -2.17. The Hall–Kier alpha value is -3.41. The van der Waals surface area contributed by atoms with Gasteiger partial charge in [-0.25, -0.2) is 14.8 Å². The molecule has 0 radical (unpaired) electrons. The number of carbonyl (C=O) groups excluding carboxylic acids is 1. The van der Waals surface area contributed by atoms with Crippen molar-refractivity contribution in [2.45, 2.75) is 32.7 Å². The molecule has 0 fully saturated rings. The molecule has 4 aromatic rings. The molecule has 0 aliphatic heterocycles. The maximum atomic E-state index is 12.9. The van der Waals surface area contributed by atoms with E-state index in [1.165, 1.54) is 0 Å². The molecule has 0 saturated heterocycles. The number of nitrogens with zero attached hydrogens (tertiary/aromatic N) is 3. The van der Waals surface area contributed by atoms with Gasteiger partial charge in [-0.1, -0.05) is 55.8 Å². The molecule has 2 aromatic carbocycles.